The number of rotatable bonds is 3. The van der Waals surface area contributed by atoms with Crippen LogP contribution in [0.15, 0.2) is 17.6 Å². The summed E-state index contributed by atoms with van der Waals surface area (Å²) in [5.41, 5.74) is 5.60. The zero-order valence-corrected chi connectivity index (χ0v) is 9.08. The van der Waals surface area contributed by atoms with Crippen LogP contribution >= 0.6 is 11.3 Å². The van der Waals surface area contributed by atoms with Crippen molar-refractivity contribution in [2.45, 2.75) is 13.5 Å². The number of nitrogens with one attached hydrogen (secondary N) is 1. The molecule has 0 amide bonds. The van der Waals surface area contributed by atoms with E-state index < -0.39 is 0 Å². The third-order valence-electron chi connectivity index (χ3n) is 1.76. The van der Waals surface area contributed by atoms with Gasteiger partial charge in [0.25, 0.3) is 0 Å². The van der Waals surface area contributed by atoms with Crippen molar-refractivity contribution in [3.05, 3.63) is 28.5 Å². The quantitative estimate of drug-likeness (QED) is 0.820. The fourth-order valence-electron chi connectivity index (χ4n) is 1.19. The number of nitrogens with zero attached hydrogens (tertiary/aromatic N) is 3. The zero-order valence-electron chi connectivity index (χ0n) is 8.27. The van der Waals surface area contributed by atoms with Crippen molar-refractivity contribution in [1.29, 1.82) is 0 Å². The predicted molar refractivity (Wildman–Crippen MR) is 60.6 cm³/mol. The van der Waals surface area contributed by atoms with Crippen LogP contribution in [0.2, 0.25) is 0 Å². The SMILES string of the molecule is Cc1nc(N)cc(NCc2nccs2)n1. The van der Waals surface area contributed by atoms with Gasteiger partial charge in [0, 0.05) is 17.6 Å². The number of thiazole rings is 1. The molecule has 0 aliphatic heterocycles. The first-order valence-corrected chi connectivity index (χ1v) is 5.35. The summed E-state index contributed by atoms with van der Waals surface area (Å²) in [6, 6.07) is 1.71. The largest absolute Gasteiger partial charge is 0.384 e. The summed E-state index contributed by atoms with van der Waals surface area (Å²) in [4.78, 5) is 12.4. The Bertz CT molecular complexity index is 420. The Hall–Kier alpha value is -1.69. The minimum absolute atomic E-state index is 0.476. The third kappa shape index (κ3) is 2.63. The van der Waals surface area contributed by atoms with Crippen molar-refractivity contribution < 1.29 is 0 Å². The molecule has 0 aliphatic carbocycles. The molecular formula is C9H11N5S. The van der Waals surface area contributed by atoms with Crippen LogP contribution in [-0.2, 0) is 6.54 Å². The number of aromatic nitrogens is 3. The maximum absolute atomic E-state index is 5.60. The van der Waals surface area contributed by atoms with E-state index in [1.54, 1.807) is 23.6 Å². The van der Waals surface area contributed by atoms with E-state index in [0.29, 0.717) is 18.2 Å². The Labute approximate surface area is 91.4 Å². The highest BCUT2D eigenvalue weighted by Gasteiger charge is 2.00. The third-order valence-corrected chi connectivity index (χ3v) is 2.54. The minimum atomic E-state index is 0.476. The number of aryl methyl sites for hydroxylation is 1. The maximum Gasteiger partial charge on any atom is 0.132 e. The van der Waals surface area contributed by atoms with Crippen molar-refractivity contribution in [3.63, 3.8) is 0 Å². The lowest BCUT2D eigenvalue weighted by atomic mass is 10.5. The Kier molecular flexibility index (Phi) is 2.77. The molecule has 3 N–H and O–H groups in total. The maximum atomic E-state index is 5.60. The molecule has 6 heteroatoms. The van der Waals surface area contributed by atoms with Crippen LogP contribution in [0, 0.1) is 6.92 Å². The van der Waals surface area contributed by atoms with Crippen molar-refractivity contribution in [1.82, 2.24) is 15.0 Å². The molecule has 0 aliphatic rings. The number of anilines is 2. The van der Waals surface area contributed by atoms with Gasteiger partial charge in [-0.1, -0.05) is 0 Å². The van der Waals surface area contributed by atoms with Gasteiger partial charge in [0.15, 0.2) is 0 Å². The lowest BCUT2D eigenvalue weighted by Crippen LogP contribution is -2.04. The summed E-state index contributed by atoms with van der Waals surface area (Å²) in [5, 5.41) is 6.10. The molecule has 0 unspecified atom stereocenters. The molecule has 15 heavy (non-hydrogen) atoms. The molecule has 0 fully saturated rings. The molecule has 0 saturated heterocycles. The lowest BCUT2D eigenvalue weighted by Gasteiger charge is -2.04. The lowest BCUT2D eigenvalue weighted by molar-refractivity contribution is 1.02. The average molecular weight is 221 g/mol. The van der Waals surface area contributed by atoms with Crippen molar-refractivity contribution in [2.24, 2.45) is 0 Å². The topological polar surface area (TPSA) is 76.7 Å². The van der Waals surface area contributed by atoms with Crippen LogP contribution < -0.4 is 11.1 Å². The molecule has 0 spiro atoms. The van der Waals surface area contributed by atoms with Gasteiger partial charge in [-0.15, -0.1) is 11.3 Å². The number of hydrogen-bond acceptors (Lipinski definition) is 6. The van der Waals surface area contributed by atoms with Gasteiger partial charge in [0.2, 0.25) is 0 Å². The summed E-state index contributed by atoms with van der Waals surface area (Å²) < 4.78 is 0. The smallest absolute Gasteiger partial charge is 0.132 e. The van der Waals surface area contributed by atoms with E-state index in [-0.39, 0.29) is 0 Å². The molecule has 0 aromatic carbocycles. The summed E-state index contributed by atoms with van der Waals surface area (Å²) in [7, 11) is 0. The summed E-state index contributed by atoms with van der Waals surface area (Å²) in [6.45, 7) is 2.47. The van der Waals surface area contributed by atoms with Crippen molar-refractivity contribution in [2.75, 3.05) is 11.1 Å². The Morgan fingerprint density at radius 3 is 3.00 bits per heavy atom. The molecule has 0 saturated carbocycles. The fourth-order valence-corrected chi connectivity index (χ4v) is 1.74. The predicted octanol–water partition coefficient (Wildman–Crippen LogP) is 1.44. The Balaban J connectivity index is 2.05. The van der Waals surface area contributed by atoms with Crippen LogP contribution in [0.4, 0.5) is 11.6 Å². The van der Waals surface area contributed by atoms with Gasteiger partial charge in [0.1, 0.15) is 22.5 Å². The molecule has 2 aromatic heterocycles. The molecule has 5 nitrogen and oxygen atoms in total. The van der Waals surface area contributed by atoms with E-state index in [4.69, 9.17) is 5.73 Å². The second-order valence-corrected chi connectivity index (χ2v) is 3.98. The zero-order chi connectivity index (χ0) is 10.7. The van der Waals surface area contributed by atoms with Crippen LogP contribution in [-0.4, -0.2) is 15.0 Å². The van der Waals surface area contributed by atoms with Gasteiger partial charge in [-0.05, 0) is 6.92 Å². The molecule has 0 bridgehead atoms. The Morgan fingerprint density at radius 1 is 1.47 bits per heavy atom. The van der Waals surface area contributed by atoms with E-state index >= 15 is 0 Å². The van der Waals surface area contributed by atoms with Crippen LogP contribution in [0.1, 0.15) is 10.8 Å². The second-order valence-electron chi connectivity index (χ2n) is 3.00. The summed E-state index contributed by atoms with van der Waals surface area (Å²) in [5.74, 6) is 1.87. The molecule has 0 atom stereocenters. The molecular weight excluding hydrogens is 210 g/mol. The normalized spacial score (nSPS) is 10.2. The van der Waals surface area contributed by atoms with Gasteiger partial charge in [-0.3, -0.25) is 0 Å². The first-order chi connectivity index (χ1) is 7.24. The van der Waals surface area contributed by atoms with Gasteiger partial charge >= 0.3 is 0 Å². The van der Waals surface area contributed by atoms with E-state index in [1.165, 1.54) is 0 Å². The van der Waals surface area contributed by atoms with E-state index in [1.807, 2.05) is 12.3 Å². The van der Waals surface area contributed by atoms with Gasteiger partial charge in [0.05, 0.1) is 6.54 Å². The summed E-state index contributed by atoms with van der Waals surface area (Å²) >= 11 is 1.60. The van der Waals surface area contributed by atoms with Crippen LogP contribution in [0.3, 0.4) is 0 Å². The molecule has 2 heterocycles. The molecule has 2 rings (SSSR count). The summed E-state index contributed by atoms with van der Waals surface area (Å²) in [6.07, 6.45) is 1.78. The fraction of sp³-hybridized carbons (Fsp3) is 0.222. The van der Waals surface area contributed by atoms with Crippen molar-refractivity contribution >= 4 is 23.0 Å². The number of nitrogen functional groups attached to an aromatic ring is 1. The van der Waals surface area contributed by atoms with Gasteiger partial charge < -0.3 is 11.1 Å². The highest BCUT2D eigenvalue weighted by molar-refractivity contribution is 7.09. The number of nitrogens with two attached hydrogens (primary N) is 1. The minimum Gasteiger partial charge on any atom is -0.384 e. The molecule has 78 valence electrons. The molecule has 2 aromatic rings. The van der Waals surface area contributed by atoms with E-state index in [2.05, 4.69) is 20.3 Å². The second kappa shape index (κ2) is 4.22. The average Bonchev–Trinajstić information content (AvgIpc) is 2.65. The van der Waals surface area contributed by atoms with Gasteiger partial charge in [-0.2, -0.15) is 0 Å². The van der Waals surface area contributed by atoms with Crippen LogP contribution in [0.5, 0.6) is 0 Å². The first kappa shape index (κ1) is 9.85. The number of hydrogen-bond donors (Lipinski definition) is 2. The van der Waals surface area contributed by atoms with Crippen molar-refractivity contribution in [3.8, 4) is 0 Å². The van der Waals surface area contributed by atoms with Gasteiger partial charge in [-0.25, -0.2) is 15.0 Å². The standard InChI is InChI=1S/C9H11N5S/c1-6-13-7(10)4-8(14-6)12-5-9-11-2-3-15-9/h2-4H,5H2,1H3,(H3,10,12,13,14). The molecule has 0 radical (unpaired) electrons. The monoisotopic (exact) mass is 221 g/mol. The van der Waals surface area contributed by atoms with Crippen LogP contribution in [0.25, 0.3) is 0 Å². The van der Waals surface area contributed by atoms with E-state index in [9.17, 15) is 0 Å². The highest BCUT2D eigenvalue weighted by Crippen LogP contribution is 2.10. The first-order valence-electron chi connectivity index (χ1n) is 4.47. The Morgan fingerprint density at radius 2 is 2.33 bits per heavy atom. The highest BCUT2D eigenvalue weighted by atomic mass is 32.1. The van der Waals surface area contributed by atoms with E-state index in [0.717, 1.165) is 10.8 Å².